The van der Waals surface area contributed by atoms with Crippen LogP contribution in [0.4, 0.5) is 0 Å². The Morgan fingerprint density at radius 3 is 2.61 bits per heavy atom. The minimum Gasteiger partial charge on any atom is -0.360 e. The largest absolute Gasteiger partial charge is 0.360 e. The van der Waals surface area contributed by atoms with Crippen LogP contribution >= 0.6 is 12.2 Å². The van der Waals surface area contributed by atoms with Gasteiger partial charge in [-0.2, -0.15) is 0 Å². The third kappa shape index (κ3) is 4.67. The molecule has 1 unspecified atom stereocenters. The topological polar surface area (TPSA) is 18.5 Å². The van der Waals surface area contributed by atoms with E-state index < -0.39 is 0 Å². The molecule has 3 nitrogen and oxygen atoms in total. The minimum atomic E-state index is 0.564. The Balaban J connectivity index is 1.48. The van der Waals surface area contributed by atoms with Crippen LogP contribution in [0.1, 0.15) is 37.7 Å². The Bertz CT molecular complexity index is 497. The van der Waals surface area contributed by atoms with Gasteiger partial charge in [0.15, 0.2) is 5.11 Å². The first kappa shape index (κ1) is 16.7. The Morgan fingerprint density at radius 2 is 1.87 bits per heavy atom. The molecule has 2 aliphatic heterocycles. The lowest BCUT2D eigenvalue weighted by Gasteiger charge is -2.34. The van der Waals surface area contributed by atoms with Gasteiger partial charge in [-0.3, -0.25) is 0 Å². The quantitative estimate of drug-likeness (QED) is 0.855. The predicted octanol–water partition coefficient (Wildman–Crippen LogP) is 3.05. The van der Waals surface area contributed by atoms with Crippen LogP contribution in [0.2, 0.25) is 0 Å². The van der Waals surface area contributed by atoms with E-state index in [2.05, 4.69) is 52.5 Å². The molecule has 1 aromatic rings. The van der Waals surface area contributed by atoms with Gasteiger partial charge in [0.2, 0.25) is 0 Å². The van der Waals surface area contributed by atoms with Crippen LogP contribution in [0, 0.1) is 0 Å². The first-order chi connectivity index (χ1) is 11.2. The van der Waals surface area contributed by atoms with Gasteiger partial charge >= 0.3 is 0 Å². The highest BCUT2D eigenvalue weighted by Gasteiger charge is 2.27. The molecule has 2 heterocycles. The number of nitrogens with zero attached hydrogens (tertiary/aromatic N) is 2. The molecule has 1 aromatic carbocycles. The van der Waals surface area contributed by atoms with Crippen LogP contribution in [0.5, 0.6) is 0 Å². The molecule has 2 aliphatic rings. The molecular formula is C19H29N3S. The molecule has 23 heavy (non-hydrogen) atoms. The molecule has 2 saturated heterocycles. The number of piperidine rings is 1. The van der Waals surface area contributed by atoms with Crippen LogP contribution in [-0.2, 0) is 6.42 Å². The molecule has 3 rings (SSSR count). The van der Waals surface area contributed by atoms with E-state index in [1.165, 1.54) is 50.8 Å². The molecule has 0 radical (unpaired) electrons. The Hall–Kier alpha value is -1.13. The van der Waals surface area contributed by atoms with Crippen molar-refractivity contribution in [3.05, 3.63) is 35.9 Å². The smallest absolute Gasteiger partial charge is 0.169 e. The minimum absolute atomic E-state index is 0.564. The van der Waals surface area contributed by atoms with Gasteiger partial charge in [0, 0.05) is 18.6 Å². The van der Waals surface area contributed by atoms with Gasteiger partial charge in [-0.1, -0.05) is 30.3 Å². The number of hydrogen-bond acceptors (Lipinski definition) is 2. The fourth-order valence-corrected chi connectivity index (χ4v) is 4.20. The second-order valence-corrected chi connectivity index (χ2v) is 7.43. The zero-order valence-electron chi connectivity index (χ0n) is 14.2. The third-order valence-electron chi connectivity index (χ3n) is 5.29. The summed E-state index contributed by atoms with van der Waals surface area (Å²) < 4.78 is 0. The van der Waals surface area contributed by atoms with Crippen LogP contribution in [0.3, 0.4) is 0 Å². The maximum absolute atomic E-state index is 5.73. The van der Waals surface area contributed by atoms with Gasteiger partial charge in [-0.25, -0.2) is 0 Å². The summed E-state index contributed by atoms with van der Waals surface area (Å²) in [5, 5.41) is 4.64. The fraction of sp³-hybridized carbons (Fsp3) is 0.632. The Labute approximate surface area is 146 Å². The molecule has 0 amide bonds. The van der Waals surface area contributed by atoms with Crippen LogP contribution in [0.15, 0.2) is 30.3 Å². The number of hydrogen-bond donors (Lipinski definition) is 1. The number of thiocarbonyl (C=S) groups is 1. The van der Waals surface area contributed by atoms with Gasteiger partial charge < -0.3 is 15.1 Å². The van der Waals surface area contributed by atoms with Gasteiger partial charge in [0.1, 0.15) is 0 Å². The number of benzene rings is 1. The molecule has 1 N–H and O–H groups in total. The predicted molar refractivity (Wildman–Crippen MR) is 101 cm³/mol. The molecule has 0 spiro atoms. The van der Waals surface area contributed by atoms with Crippen LogP contribution in [-0.4, -0.2) is 53.7 Å². The maximum atomic E-state index is 5.73. The molecular weight excluding hydrogens is 302 g/mol. The number of likely N-dealkylation sites (tertiary alicyclic amines) is 2. The van der Waals surface area contributed by atoms with Crippen molar-refractivity contribution >= 4 is 17.3 Å². The van der Waals surface area contributed by atoms with Crippen molar-refractivity contribution in [3.8, 4) is 0 Å². The summed E-state index contributed by atoms with van der Waals surface area (Å²) in [6.07, 6.45) is 7.33. The van der Waals surface area contributed by atoms with E-state index in [0.717, 1.165) is 18.1 Å². The molecule has 126 valence electrons. The Morgan fingerprint density at radius 1 is 1.13 bits per heavy atom. The lowest BCUT2D eigenvalue weighted by atomic mass is 10.0. The van der Waals surface area contributed by atoms with Crippen molar-refractivity contribution in [2.45, 2.75) is 50.6 Å². The van der Waals surface area contributed by atoms with Crippen LogP contribution in [0.25, 0.3) is 0 Å². The highest BCUT2D eigenvalue weighted by molar-refractivity contribution is 7.80. The highest BCUT2D eigenvalue weighted by atomic mass is 32.1. The van der Waals surface area contributed by atoms with Gasteiger partial charge in [0.05, 0.1) is 0 Å². The summed E-state index contributed by atoms with van der Waals surface area (Å²) in [6, 6.07) is 12.0. The van der Waals surface area contributed by atoms with Crippen molar-refractivity contribution in [2.75, 3.05) is 26.7 Å². The normalized spacial score (nSPS) is 23.2. The van der Waals surface area contributed by atoms with Crippen molar-refractivity contribution < 1.29 is 0 Å². The average molecular weight is 332 g/mol. The molecule has 4 heteroatoms. The summed E-state index contributed by atoms with van der Waals surface area (Å²) in [7, 11) is 2.20. The van der Waals surface area contributed by atoms with Crippen molar-refractivity contribution in [1.29, 1.82) is 0 Å². The number of nitrogens with one attached hydrogen (secondary N) is 1. The van der Waals surface area contributed by atoms with Crippen LogP contribution < -0.4 is 5.32 Å². The third-order valence-corrected chi connectivity index (χ3v) is 5.65. The zero-order chi connectivity index (χ0) is 16.1. The van der Waals surface area contributed by atoms with E-state index in [1.807, 2.05) is 0 Å². The van der Waals surface area contributed by atoms with Crippen molar-refractivity contribution in [3.63, 3.8) is 0 Å². The van der Waals surface area contributed by atoms with Gasteiger partial charge in [-0.05, 0) is 76.4 Å². The van der Waals surface area contributed by atoms with E-state index in [1.54, 1.807) is 0 Å². The standard InChI is InChI=1S/C19H29N3S/c1-21-14-11-17(12-15-21)20-19(23)22-13-5-8-18(22)10-9-16-6-3-2-4-7-16/h2-4,6-7,17-18H,5,8-15H2,1H3,(H,20,23). The van der Waals surface area contributed by atoms with Gasteiger partial charge in [0.25, 0.3) is 0 Å². The molecule has 2 fully saturated rings. The first-order valence-electron chi connectivity index (χ1n) is 9.02. The molecule has 0 aromatic heterocycles. The van der Waals surface area contributed by atoms with E-state index in [-0.39, 0.29) is 0 Å². The molecule has 0 aliphatic carbocycles. The molecule has 0 bridgehead atoms. The number of aryl methyl sites for hydroxylation is 1. The van der Waals surface area contributed by atoms with Crippen molar-refractivity contribution in [2.24, 2.45) is 0 Å². The second kappa shape index (κ2) is 8.11. The first-order valence-corrected chi connectivity index (χ1v) is 9.43. The lowest BCUT2D eigenvalue weighted by Crippen LogP contribution is -2.49. The number of rotatable bonds is 4. The molecule has 1 atom stereocenters. The average Bonchev–Trinajstić information content (AvgIpc) is 3.05. The molecule has 0 saturated carbocycles. The van der Waals surface area contributed by atoms with E-state index >= 15 is 0 Å². The summed E-state index contributed by atoms with van der Waals surface area (Å²) in [6.45, 7) is 3.48. The monoisotopic (exact) mass is 331 g/mol. The van der Waals surface area contributed by atoms with Crippen molar-refractivity contribution in [1.82, 2.24) is 15.1 Å². The maximum Gasteiger partial charge on any atom is 0.169 e. The van der Waals surface area contributed by atoms with Gasteiger partial charge in [-0.15, -0.1) is 0 Å². The Kier molecular flexibility index (Phi) is 5.90. The fourth-order valence-electron chi connectivity index (χ4n) is 3.79. The van der Waals surface area contributed by atoms with E-state index in [0.29, 0.717) is 12.1 Å². The second-order valence-electron chi connectivity index (χ2n) is 7.04. The lowest BCUT2D eigenvalue weighted by molar-refractivity contribution is 0.242. The summed E-state index contributed by atoms with van der Waals surface area (Å²) >= 11 is 5.73. The summed E-state index contributed by atoms with van der Waals surface area (Å²) in [5.41, 5.74) is 1.44. The highest BCUT2D eigenvalue weighted by Crippen LogP contribution is 2.22. The zero-order valence-corrected chi connectivity index (χ0v) is 15.0. The summed E-state index contributed by atoms with van der Waals surface area (Å²) in [4.78, 5) is 4.86. The van der Waals surface area contributed by atoms with E-state index in [4.69, 9.17) is 12.2 Å². The SMILES string of the molecule is CN1CCC(NC(=S)N2CCCC2CCc2ccccc2)CC1. The summed E-state index contributed by atoms with van der Waals surface area (Å²) in [5.74, 6) is 0. The van der Waals surface area contributed by atoms with E-state index in [9.17, 15) is 0 Å².